The van der Waals surface area contributed by atoms with Crippen LogP contribution in [-0.4, -0.2) is 29.3 Å². The summed E-state index contributed by atoms with van der Waals surface area (Å²) in [7, 11) is -4.02. The number of benzene rings is 1. The highest BCUT2D eigenvalue weighted by atomic mass is 32.2. The Kier molecular flexibility index (Phi) is 7.55. The highest BCUT2D eigenvalue weighted by Crippen LogP contribution is 2.08. The molecule has 5 N–H and O–H groups in total. The minimum absolute atomic E-state index is 0. The number of carbonyl (C=O) groups is 1. The third-order valence-corrected chi connectivity index (χ3v) is 3.35. The molecule has 122 valence electrons. The number of amides is 1. The molecule has 2 rings (SSSR count). The van der Waals surface area contributed by atoms with E-state index >= 15 is 0 Å². The first-order chi connectivity index (χ1) is 10.3. The fourth-order valence-corrected chi connectivity index (χ4v) is 1.88. The summed E-state index contributed by atoms with van der Waals surface area (Å²) in [6.45, 7) is 1.84. The minimum atomic E-state index is -4.02. The van der Waals surface area contributed by atoms with Crippen LogP contribution in [0, 0.1) is 18.3 Å². The fraction of sp³-hybridized carbons (Fsp3) is 0.0714. The quantitative estimate of drug-likeness (QED) is 0.755. The first-order valence-corrected chi connectivity index (χ1v) is 7.39. The van der Waals surface area contributed by atoms with Gasteiger partial charge < -0.3 is 11.2 Å². The molecular formula is C14H15N3O5S. The zero-order valence-electron chi connectivity index (χ0n) is 12.1. The van der Waals surface area contributed by atoms with Gasteiger partial charge in [0, 0.05) is 6.20 Å². The Balaban J connectivity index is 0.000000403. The molecule has 2 aromatic rings. The molecule has 0 saturated carbocycles. The number of nitrogens with zero attached hydrogens (tertiary/aromatic N) is 2. The molecule has 23 heavy (non-hydrogen) atoms. The summed E-state index contributed by atoms with van der Waals surface area (Å²) >= 11 is 0. The van der Waals surface area contributed by atoms with Gasteiger partial charge in [0.05, 0.1) is 10.5 Å². The number of rotatable bonds is 2. The largest absolute Gasteiger partial charge is 0.412 e. The van der Waals surface area contributed by atoms with Crippen LogP contribution in [0.4, 0.5) is 0 Å². The van der Waals surface area contributed by atoms with Crippen LogP contribution in [-0.2, 0) is 10.1 Å². The molecule has 1 amide bonds. The van der Waals surface area contributed by atoms with Crippen molar-refractivity contribution >= 4 is 16.0 Å². The van der Waals surface area contributed by atoms with Gasteiger partial charge in [0.25, 0.3) is 16.0 Å². The number of nitrogens with two attached hydrogens (primary N) is 1. The Labute approximate surface area is 133 Å². The standard InChI is InChI=1S/C7H5N3O.C7H8O3S.H2O/c8-4-5-2-1-3-10-6(5)7(9)11;1-6-2-4-7(5-3-6)11(8,9)10;/h1-3H,(H2,9,11);2-5H,1H3,(H,8,9,10);1H2. The maximum Gasteiger partial charge on any atom is 0.294 e. The van der Waals surface area contributed by atoms with Crippen LogP contribution in [0.2, 0.25) is 0 Å². The summed E-state index contributed by atoms with van der Waals surface area (Å²) in [6.07, 6.45) is 1.42. The monoisotopic (exact) mass is 337 g/mol. The summed E-state index contributed by atoms with van der Waals surface area (Å²) in [4.78, 5) is 14.2. The molecule has 0 saturated heterocycles. The normalized spacial score (nSPS) is 9.61. The van der Waals surface area contributed by atoms with E-state index in [2.05, 4.69) is 4.98 Å². The van der Waals surface area contributed by atoms with Crippen molar-refractivity contribution in [2.75, 3.05) is 0 Å². The van der Waals surface area contributed by atoms with Gasteiger partial charge in [-0.1, -0.05) is 17.7 Å². The third-order valence-electron chi connectivity index (χ3n) is 2.48. The lowest BCUT2D eigenvalue weighted by molar-refractivity contribution is 0.0995. The van der Waals surface area contributed by atoms with E-state index in [9.17, 15) is 13.2 Å². The number of primary amides is 1. The predicted molar refractivity (Wildman–Crippen MR) is 82.1 cm³/mol. The molecule has 0 radical (unpaired) electrons. The van der Waals surface area contributed by atoms with Gasteiger partial charge in [0.15, 0.2) is 0 Å². The van der Waals surface area contributed by atoms with Crippen LogP contribution in [0.5, 0.6) is 0 Å². The number of hydrogen-bond donors (Lipinski definition) is 2. The molecule has 0 unspecified atom stereocenters. The van der Waals surface area contributed by atoms with Crippen molar-refractivity contribution in [2.24, 2.45) is 5.73 Å². The number of aromatic nitrogens is 1. The second kappa shape index (κ2) is 8.60. The highest BCUT2D eigenvalue weighted by molar-refractivity contribution is 7.85. The highest BCUT2D eigenvalue weighted by Gasteiger charge is 2.07. The van der Waals surface area contributed by atoms with Crippen LogP contribution < -0.4 is 5.73 Å². The lowest BCUT2D eigenvalue weighted by Gasteiger charge is -1.95. The van der Waals surface area contributed by atoms with Crippen molar-refractivity contribution in [3.63, 3.8) is 0 Å². The van der Waals surface area contributed by atoms with Gasteiger partial charge in [-0.15, -0.1) is 0 Å². The van der Waals surface area contributed by atoms with E-state index in [1.54, 1.807) is 18.2 Å². The van der Waals surface area contributed by atoms with Gasteiger partial charge in [-0.3, -0.25) is 9.35 Å². The molecule has 0 aliphatic carbocycles. The van der Waals surface area contributed by atoms with E-state index in [0.717, 1.165) is 5.56 Å². The van der Waals surface area contributed by atoms with Crippen molar-refractivity contribution in [1.82, 2.24) is 4.98 Å². The predicted octanol–water partition coefficient (Wildman–Crippen LogP) is 0.469. The molecule has 8 nitrogen and oxygen atoms in total. The molecule has 0 bridgehead atoms. The van der Waals surface area contributed by atoms with Gasteiger partial charge in [0.2, 0.25) is 0 Å². The summed E-state index contributed by atoms with van der Waals surface area (Å²) in [5.74, 6) is -0.679. The Morgan fingerprint density at radius 1 is 1.26 bits per heavy atom. The maximum atomic E-state index is 10.6. The fourth-order valence-electron chi connectivity index (χ4n) is 1.40. The molecular weight excluding hydrogens is 322 g/mol. The van der Waals surface area contributed by atoms with Crippen LogP contribution >= 0.6 is 0 Å². The molecule has 0 aliphatic heterocycles. The van der Waals surface area contributed by atoms with Gasteiger partial charge >= 0.3 is 0 Å². The molecule has 9 heteroatoms. The number of pyridine rings is 1. The van der Waals surface area contributed by atoms with Gasteiger partial charge in [-0.05, 0) is 31.2 Å². The van der Waals surface area contributed by atoms with Crippen LogP contribution in [0.25, 0.3) is 0 Å². The summed E-state index contributed by atoms with van der Waals surface area (Å²) in [6, 6.07) is 10.9. The molecule has 1 aromatic carbocycles. The second-order valence-corrected chi connectivity index (χ2v) is 5.59. The molecule has 0 aliphatic rings. The Morgan fingerprint density at radius 3 is 2.22 bits per heavy atom. The van der Waals surface area contributed by atoms with Crippen molar-refractivity contribution in [3.05, 3.63) is 59.4 Å². The van der Waals surface area contributed by atoms with Crippen LogP contribution in [0.15, 0.2) is 47.5 Å². The van der Waals surface area contributed by atoms with Crippen molar-refractivity contribution in [3.8, 4) is 6.07 Å². The van der Waals surface area contributed by atoms with Crippen molar-refractivity contribution in [2.45, 2.75) is 11.8 Å². The van der Waals surface area contributed by atoms with Gasteiger partial charge in [0.1, 0.15) is 11.8 Å². The van der Waals surface area contributed by atoms with E-state index in [1.807, 2.05) is 13.0 Å². The third kappa shape index (κ3) is 6.23. The number of carbonyl (C=O) groups excluding carboxylic acids is 1. The molecule has 1 aromatic heterocycles. The molecule has 1 heterocycles. The van der Waals surface area contributed by atoms with E-state index < -0.39 is 16.0 Å². The second-order valence-electron chi connectivity index (χ2n) is 4.16. The Hall–Kier alpha value is -2.80. The van der Waals surface area contributed by atoms with Gasteiger partial charge in [-0.25, -0.2) is 4.98 Å². The lowest BCUT2D eigenvalue weighted by atomic mass is 10.2. The van der Waals surface area contributed by atoms with Crippen LogP contribution in [0.3, 0.4) is 0 Å². The van der Waals surface area contributed by atoms with Gasteiger partial charge in [-0.2, -0.15) is 13.7 Å². The summed E-state index contributed by atoms with van der Waals surface area (Å²) in [5.41, 5.74) is 6.12. The Morgan fingerprint density at radius 2 is 1.83 bits per heavy atom. The van der Waals surface area contributed by atoms with E-state index in [0.29, 0.717) is 0 Å². The zero-order chi connectivity index (χ0) is 16.8. The minimum Gasteiger partial charge on any atom is -0.412 e. The average Bonchev–Trinajstić information content (AvgIpc) is 2.47. The summed E-state index contributed by atoms with van der Waals surface area (Å²) < 4.78 is 29.6. The van der Waals surface area contributed by atoms with Crippen molar-refractivity contribution < 1.29 is 23.2 Å². The smallest absolute Gasteiger partial charge is 0.294 e. The molecule has 0 atom stereocenters. The topological polar surface area (TPSA) is 166 Å². The van der Waals surface area contributed by atoms with E-state index in [1.165, 1.54) is 24.4 Å². The zero-order valence-corrected chi connectivity index (χ0v) is 12.9. The van der Waals surface area contributed by atoms with E-state index in [-0.39, 0.29) is 21.6 Å². The lowest BCUT2D eigenvalue weighted by Crippen LogP contribution is -2.14. The molecule has 0 fully saturated rings. The average molecular weight is 337 g/mol. The first-order valence-electron chi connectivity index (χ1n) is 5.94. The van der Waals surface area contributed by atoms with Crippen LogP contribution in [0.1, 0.15) is 21.6 Å². The first kappa shape index (κ1) is 20.2. The Bertz CT molecular complexity index is 811. The van der Waals surface area contributed by atoms with Crippen molar-refractivity contribution in [1.29, 1.82) is 5.26 Å². The molecule has 0 spiro atoms. The SMILES string of the molecule is Cc1ccc(S(=O)(=O)O)cc1.N#Cc1cccnc1C(N)=O.O. The number of hydrogen-bond acceptors (Lipinski definition) is 5. The number of aryl methyl sites for hydroxylation is 1. The van der Waals surface area contributed by atoms with E-state index in [4.69, 9.17) is 15.5 Å². The number of nitriles is 1. The summed E-state index contributed by atoms with van der Waals surface area (Å²) in [5, 5.41) is 8.47. The maximum absolute atomic E-state index is 10.6.